The molecular formula is C10H12N5O6PS2. The number of phosphoric acid groups is 1. The summed E-state index contributed by atoms with van der Waals surface area (Å²) in [7, 11) is -4.67. The number of fused-ring (bicyclic) bond motifs is 2. The van der Waals surface area contributed by atoms with Crippen molar-refractivity contribution < 1.29 is 23.6 Å². The van der Waals surface area contributed by atoms with Crippen molar-refractivity contribution in [1.82, 2.24) is 9.97 Å². The van der Waals surface area contributed by atoms with Gasteiger partial charge in [0.25, 0.3) is 5.56 Å². The number of hydrogen-bond donors (Lipinski definition) is 6. The van der Waals surface area contributed by atoms with E-state index in [-0.39, 0.29) is 27.2 Å². The first-order valence-corrected chi connectivity index (χ1v) is 8.87. The fourth-order valence-corrected chi connectivity index (χ4v) is 3.22. The summed E-state index contributed by atoms with van der Waals surface area (Å²) in [5, 5.41) is 5.76. The molecule has 11 nitrogen and oxygen atoms in total. The molecule has 0 radical (unpaired) electrons. The lowest BCUT2D eigenvalue weighted by atomic mass is 10.00. The average Bonchev–Trinajstić information content (AvgIpc) is 2.47. The summed E-state index contributed by atoms with van der Waals surface area (Å²) in [6, 6.07) is -0.627. The molecule has 1 aromatic heterocycles. The third-order valence-electron chi connectivity index (χ3n) is 3.34. The van der Waals surface area contributed by atoms with Gasteiger partial charge in [0.15, 0.2) is 12.0 Å². The van der Waals surface area contributed by atoms with Gasteiger partial charge in [0.1, 0.15) is 17.8 Å². The predicted molar refractivity (Wildman–Crippen MR) is 92.2 cm³/mol. The molecule has 0 aromatic carbocycles. The maximum Gasteiger partial charge on any atom is 0.469 e. The number of ether oxygens (including phenoxy) is 1. The quantitative estimate of drug-likeness (QED) is 0.277. The van der Waals surface area contributed by atoms with E-state index in [1.54, 1.807) is 0 Å². The first-order valence-electron chi connectivity index (χ1n) is 6.52. The van der Waals surface area contributed by atoms with Crippen molar-refractivity contribution in [2.75, 3.05) is 23.0 Å². The number of phosphoric ester groups is 1. The minimum absolute atomic E-state index is 0.0817. The molecule has 1 saturated heterocycles. The number of nitrogens with two attached hydrogens (primary N) is 1. The molecule has 0 bridgehead atoms. The van der Waals surface area contributed by atoms with Crippen LogP contribution in [0.2, 0.25) is 0 Å². The van der Waals surface area contributed by atoms with Gasteiger partial charge in [-0.15, -0.1) is 0 Å². The third kappa shape index (κ3) is 3.32. The second kappa shape index (κ2) is 6.11. The van der Waals surface area contributed by atoms with Crippen molar-refractivity contribution in [2.45, 2.75) is 18.4 Å². The molecule has 0 aliphatic carbocycles. The Hall–Kier alpha value is -1.47. The van der Waals surface area contributed by atoms with Gasteiger partial charge in [-0.2, -0.15) is 4.98 Å². The van der Waals surface area contributed by atoms with Gasteiger partial charge < -0.3 is 30.9 Å². The summed E-state index contributed by atoms with van der Waals surface area (Å²) >= 11 is 10.4. The maximum absolute atomic E-state index is 11.9. The number of aromatic nitrogens is 2. The largest absolute Gasteiger partial charge is 0.469 e. The van der Waals surface area contributed by atoms with E-state index in [4.69, 9.17) is 44.7 Å². The highest BCUT2D eigenvalue weighted by atomic mass is 32.1. The minimum atomic E-state index is -4.67. The normalized spacial score (nSPS) is 26.2. The molecule has 3 rings (SSSR count). The number of nitrogen functional groups attached to an aromatic ring is 1. The van der Waals surface area contributed by atoms with E-state index in [9.17, 15) is 9.36 Å². The van der Waals surface area contributed by atoms with Gasteiger partial charge in [-0.05, 0) is 0 Å². The molecule has 3 heterocycles. The Morgan fingerprint density at radius 1 is 1.33 bits per heavy atom. The number of nitrogens with one attached hydrogen (secondary N) is 3. The van der Waals surface area contributed by atoms with Crippen LogP contribution < -0.4 is 21.9 Å². The second-order valence-electron chi connectivity index (χ2n) is 5.00. The molecule has 2 aliphatic rings. The van der Waals surface area contributed by atoms with Crippen LogP contribution in [0, 0.1) is 0 Å². The van der Waals surface area contributed by atoms with Gasteiger partial charge in [0.05, 0.1) is 16.3 Å². The van der Waals surface area contributed by atoms with Crippen LogP contribution in [0.5, 0.6) is 0 Å². The summed E-state index contributed by atoms with van der Waals surface area (Å²) in [5.74, 6) is 0.0876. The monoisotopic (exact) mass is 393 g/mol. The molecule has 3 unspecified atom stereocenters. The summed E-state index contributed by atoms with van der Waals surface area (Å²) in [4.78, 5) is 36.3. The summed E-state index contributed by atoms with van der Waals surface area (Å²) < 4.78 is 20.9. The van der Waals surface area contributed by atoms with Gasteiger partial charge in [0.2, 0.25) is 5.95 Å². The van der Waals surface area contributed by atoms with Gasteiger partial charge >= 0.3 is 7.82 Å². The molecule has 24 heavy (non-hydrogen) atoms. The lowest BCUT2D eigenvalue weighted by molar-refractivity contribution is 0.00505. The number of hydrogen-bond acceptors (Lipinski definition) is 10. The molecule has 3 atom stereocenters. The standard InChI is InChI=1S/C10H12N5O6PS2/c11-10-14-7-4(8(16)15-10)12-3-6(24)5(23)2(21-9(3)13-7)1-20-22(17,18)19/h2-3,9,12H,1H2,(H2,17,18,19)(H4,11,13,14,15,16). The molecule has 7 N–H and O–H groups in total. The fourth-order valence-electron chi connectivity index (χ4n) is 2.32. The van der Waals surface area contributed by atoms with Gasteiger partial charge in [-0.3, -0.25) is 14.3 Å². The summed E-state index contributed by atoms with van der Waals surface area (Å²) in [5.41, 5.74) is 5.15. The molecular weight excluding hydrogens is 381 g/mol. The van der Waals surface area contributed by atoms with Crippen LogP contribution in [-0.4, -0.2) is 54.5 Å². The lowest BCUT2D eigenvalue weighted by Crippen LogP contribution is -2.60. The summed E-state index contributed by atoms with van der Waals surface area (Å²) in [6.07, 6.45) is -1.70. The van der Waals surface area contributed by atoms with E-state index in [0.29, 0.717) is 0 Å². The van der Waals surface area contributed by atoms with Gasteiger partial charge in [-0.25, -0.2) is 4.57 Å². The van der Waals surface area contributed by atoms with Crippen LogP contribution >= 0.6 is 32.3 Å². The zero-order chi connectivity index (χ0) is 17.6. The van der Waals surface area contributed by atoms with Crippen LogP contribution in [0.15, 0.2) is 4.79 Å². The Morgan fingerprint density at radius 2 is 2.04 bits per heavy atom. The van der Waals surface area contributed by atoms with Crippen molar-refractivity contribution in [2.24, 2.45) is 0 Å². The number of H-pyrrole nitrogens is 1. The SMILES string of the molecule is Nc1nc2c(c(=O)[nH]1)NC1C(=S)C(=S)C(COP(=O)(O)O)OC1N2. The molecule has 0 saturated carbocycles. The van der Waals surface area contributed by atoms with Crippen LogP contribution in [0.3, 0.4) is 0 Å². The smallest absolute Gasteiger partial charge is 0.369 e. The van der Waals surface area contributed by atoms with Crippen LogP contribution in [0.25, 0.3) is 0 Å². The molecule has 1 fully saturated rings. The number of nitrogens with zero attached hydrogens (tertiary/aromatic N) is 1. The van der Waals surface area contributed by atoms with Crippen LogP contribution in [0.4, 0.5) is 17.5 Å². The van der Waals surface area contributed by atoms with Crippen molar-refractivity contribution >= 4 is 59.4 Å². The van der Waals surface area contributed by atoms with E-state index >= 15 is 0 Å². The average molecular weight is 393 g/mol. The van der Waals surface area contributed by atoms with E-state index in [2.05, 4.69) is 25.1 Å². The predicted octanol–water partition coefficient (Wildman–Crippen LogP) is -0.868. The minimum Gasteiger partial charge on any atom is -0.369 e. The van der Waals surface area contributed by atoms with E-state index in [0.717, 1.165) is 0 Å². The van der Waals surface area contributed by atoms with E-state index in [1.165, 1.54) is 0 Å². The zero-order valence-electron chi connectivity index (χ0n) is 11.8. The molecule has 0 amide bonds. The number of rotatable bonds is 3. The first-order chi connectivity index (χ1) is 11.2. The van der Waals surface area contributed by atoms with Gasteiger partial charge in [0, 0.05) is 0 Å². The lowest BCUT2D eigenvalue weighted by Gasteiger charge is -2.41. The molecule has 130 valence electrons. The topological polar surface area (TPSA) is 172 Å². The Morgan fingerprint density at radius 3 is 2.71 bits per heavy atom. The van der Waals surface area contributed by atoms with Crippen LogP contribution in [0.1, 0.15) is 0 Å². The Bertz CT molecular complexity index is 824. The molecule has 14 heteroatoms. The highest BCUT2D eigenvalue weighted by Crippen LogP contribution is 2.37. The maximum atomic E-state index is 11.9. The highest BCUT2D eigenvalue weighted by molar-refractivity contribution is 7.89. The Balaban J connectivity index is 1.85. The van der Waals surface area contributed by atoms with Crippen molar-refractivity contribution in [3.63, 3.8) is 0 Å². The third-order valence-corrected chi connectivity index (χ3v) is 4.91. The van der Waals surface area contributed by atoms with Crippen LogP contribution in [-0.2, 0) is 13.8 Å². The molecule has 1 aromatic rings. The van der Waals surface area contributed by atoms with Gasteiger partial charge in [-0.1, -0.05) is 24.4 Å². The molecule has 2 aliphatic heterocycles. The zero-order valence-corrected chi connectivity index (χ0v) is 14.3. The number of thiocarbonyl (C=S) groups is 2. The highest BCUT2D eigenvalue weighted by Gasteiger charge is 2.43. The second-order valence-corrected chi connectivity index (χ2v) is 7.12. The van der Waals surface area contributed by atoms with E-state index < -0.39 is 38.4 Å². The van der Waals surface area contributed by atoms with E-state index in [1.807, 2.05) is 0 Å². The summed E-state index contributed by atoms with van der Waals surface area (Å²) in [6.45, 7) is -0.466. The van der Waals surface area contributed by atoms with Crippen molar-refractivity contribution in [3.05, 3.63) is 10.4 Å². The Labute approximate surface area is 145 Å². The Kier molecular flexibility index (Phi) is 4.42. The number of aromatic amines is 1. The van der Waals surface area contributed by atoms with Crippen molar-refractivity contribution in [1.29, 1.82) is 0 Å². The first kappa shape index (κ1) is 17.4. The molecule has 0 spiro atoms. The van der Waals surface area contributed by atoms with Crippen molar-refractivity contribution in [3.8, 4) is 0 Å². The number of anilines is 3. The fraction of sp³-hybridized carbons (Fsp3) is 0.400.